The molecule has 0 aliphatic heterocycles. The molecule has 4 nitrogen and oxygen atoms in total. The highest BCUT2D eigenvalue weighted by Crippen LogP contribution is 2.25. The Labute approximate surface area is 113 Å². The van der Waals surface area contributed by atoms with Crippen LogP contribution in [0.15, 0.2) is 22.7 Å². The van der Waals surface area contributed by atoms with E-state index < -0.39 is 5.97 Å². The molecule has 0 amide bonds. The topological polar surface area (TPSA) is 55.1 Å². The number of benzene rings is 1. The van der Waals surface area contributed by atoms with Gasteiger partial charge in [0.25, 0.3) is 0 Å². The molecule has 2 rings (SSSR count). The number of hydrogen-bond acceptors (Lipinski definition) is 2. The fraction of sp³-hybridized carbons (Fsp3) is 0.231. The van der Waals surface area contributed by atoms with Gasteiger partial charge in [-0.2, -0.15) is 5.10 Å². The normalized spacial score (nSPS) is 10.7. The van der Waals surface area contributed by atoms with Gasteiger partial charge < -0.3 is 5.11 Å². The highest BCUT2D eigenvalue weighted by Gasteiger charge is 2.19. The maximum absolute atomic E-state index is 11.1. The molecular formula is C13H13BrN2O2. The Hall–Kier alpha value is -1.62. The summed E-state index contributed by atoms with van der Waals surface area (Å²) in [6.07, 6.45) is 0. The number of carboxylic acids is 1. The van der Waals surface area contributed by atoms with Gasteiger partial charge in [0.1, 0.15) is 0 Å². The van der Waals surface area contributed by atoms with Crippen molar-refractivity contribution in [2.75, 3.05) is 0 Å². The number of aromatic carboxylic acids is 1. The van der Waals surface area contributed by atoms with Crippen LogP contribution in [0.25, 0.3) is 5.69 Å². The summed E-state index contributed by atoms with van der Waals surface area (Å²) in [4.78, 5) is 11.1. The molecule has 0 aliphatic carbocycles. The second-order valence-corrected chi connectivity index (χ2v) is 5.05. The molecule has 0 saturated heterocycles. The predicted octanol–water partition coefficient (Wildman–Crippen LogP) is 3.26. The van der Waals surface area contributed by atoms with Crippen molar-refractivity contribution in [3.05, 3.63) is 45.2 Å². The SMILES string of the molecule is Cc1ccc(C)c(-n2nc(C(=O)O)c(Br)c2C)c1. The van der Waals surface area contributed by atoms with Gasteiger partial charge in [0.2, 0.25) is 0 Å². The molecule has 0 unspecified atom stereocenters. The van der Waals surface area contributed by atoms with E-state index >= 15 is 0 Å². The average Bonchev–Trinajstić information content (AvgIpc) is 2.60. The zero-order chi connectivity index (χ0) is 13.4. The number of nitrogens with zero attached hydrogens (tertiary/aromatic N) is 2. The number of halogens is 1. The smallest absolute Gasteiger partial charge is 0.357 e. The molecule has 0 saturated carbocycles. The zero-order valence-electron chi connectivity index (χ0n) is 10.4. The van der Waals surface area contributed by atoms with Gasteiger partial charge in [0.15, 0.2) is 5.69 Å². The van der Waals surface area contributed by atoms with Crippen molar-refractivity contribution in [1.82, 2.24) is 9.78 Å². The number of carbonyl (C=O) groups is 1. The molecule has 2 aromatic rings. The molecule has 1 aromatic heterocycles. The fourth-order valence-corrected chi connectivity index (χ4v) is 2.22. The van der Waals surface area contributed by atoms with E-state index in [2.05, 4.69) is 21.0 Å². The molecular weight excluding hydrogens is 296 g/mol. The second kappa shape index (κ2) is 4.57. The molecule has 0 radical (unpaired) electrons. The van der Waals surface area contributed by atoms with Crippen LogP contribution >= 0.6 is 15.9 Å². The van der Waals surface area contributed by atoms with Crippen molar-refractivity contribution in [3.63, 3.8) is 0 Å². The van der Waals surface area contributed by atoms with Crippen molar-refractivity contribution in [1.29, 1.82) is 0 Å². The average molecular weight is 309 g/mol. The predicted molar refractivity (Wildman–Crippen MR) is 72.4 cm³/mol. The molecule has 5 heteroatoms. The third kappa shape index (κ3) is 2.06. The lowest BCUT2D eigenvalue weighted by Crippen LogP contribution is -2.04. The standard InChI is InChI=1S/C13H13BrN2O2/c1-7-4-5-8(2)10(6-7)16-9(3)11(14)12(15-16)13(17)18/h4-6H,1-3H3,(H,17,18). The molecule has 0 aliphatic rings. The first-order chi connectivity index (χ1) is 8.41. The number of aromatic nitrogens is 2. The van der Waals surface area contributed by atoms with Crippen LogP contribution in [0.3, 0.4) is 0 Å². The van der Waals surface area contributed by atoms with Crippen LogP contribution in [-0.2, 0) is 0 Å². The Morgan fingerprint density at radius 1 is 1.33 bits per heavy atom. The highest BCUT2D eigenvalue weighted by molar-refractivity contribution is 9.10. The van der Waals surface area contributed by atoms with E-state index in [9.17, 15) is 4.79 Å². The summed E-state index contributed by atoms with van der Waals surface area (Å²) in [6.45, 7) is 5.81. The van der Waals surface area contributed by atoms with Crippen molar-refractivity contribution in [2.24, 2.45) is 0 Å². The van der Waals surface area contributed by atoms with Crippen LogP contribution in [0.2, 0.25) is 0 Å². The van der Waals surface area contributed by atoms with Crippen LogP contribution in [0.5, 0.6) is 0 Å². The lowest BCUT2D eigenvalue weighted by atomic mass is 10.1. The summed E-state index contributed by atoms with van der Waals surface area (Å²) in [5, 5.41) is 13.2. The molecule has 0 atom stereocenters. The molecule has 1 aromatic carbocycles. The van der Waals surface area contributed by atoms with Crippen molar-refractivity contribution in [3.8, 4) is 5.69 Å². The van der Waals surface area contributed by atoms with Gasteiger partial charge >= 0.3 is 5.97 Å². The third-order valence-electron chi connectivity index (χ3n) is 2.84. The van der Waals surface area contributed by atoms with Gasteiger partial charge in [-0.15, -0.1) is 0 Å². The molecule has 0 spiro atoms. The van der Waals surface area contributed by atoms with Gasteiger partial charge in [0.05, 0.1) is 15.9 Å². The number of rotatable bonds is 2. The van der Waals surface area contributed by atoms with E-state index in [1.165, 1.54) is 0 Å². The van der Waals surface area contributed by atoms with E-state index in [0.29, 0.717) is 4.47 Å². The third-order valence-corrected chi connectivity index (χ3v) is 3.79. The van der Waals surface area contributed by atoms with Gasteiger partial charge in [-0.05, 0) is 53.9 Å². The maximum atomic E-state index is 11.1. The van der Waals surface area contributed by atoms with Crippen molar-refractivity contribution < 1.29 is 9.90 Å². The lowest BCUT2D eigenvalue weighted by molar-refractivity contribution is 0.0689. The van der Waals surface area contributed by atoms with Crippen molar-refractivity contribution >= 4 is 21.9 Å². The molecule has 1 N–H and O–H groups in total. The number of carboxylic acid groups (broad SMARTS) is 1. The molecule has 94 valence electrons. The van der Waals surface area contributed by atoms with Gasteiger partial charge in [-0.3, -0.25) is 0 Å². The first-order valence-corrected chi connectivity index (χ1v) is 6.27. The number of aryl methyl sites for hydroxylation is 2. The van der Waals surface area contributed by atoms with Crippen LogP contribution in [0.4, 0.5) is 0 Å². The summed E-state index contributed by atoms with van der Waals surface area (Å²) in [7, 11) is 0. The molecule has 0 fully saturated rings. The Kier molecular flexibility index (Phi) is 3.26. The summed E-state index contributed by atoms with van der Waals surface area (Å²) in [6, 6.07) is 6.01. The summed E-state index contributed by atoms with van der Waals surface area (Å²) in [5.41, 5.74) is 3.88. The minimum atomic E-state index is -1.03. The first-order valence-electron chi connectivity index (χ1n) is 5.48. The molecule has 18 heavy (non-hydrogen) atoms. The van der Waals surface area contributed by atoms with E-state index in [1.54, 1.807) is 4.68 Å². The minimum Gasteiger partial charge on any atom is -0.476 e. The van der Waals surface area contributed by atoms with Gasteiger partial charge in [-0.1, -0.05) is 12.1 Å². The second-order valence-electron chi connectivity index (χ2n) is 4.25. The van der Waals surface area contributed by atoms with E-state index in [-0.39, 0.29) is 5.69 Å². The van der Waals surface area contributed by atoms with E-state index in [1.807, 2.05) is 39.0 Å². The van der Waals surface area contributed by atoms with Crippen LogP contribution in [-0.4, -0.2) is 20.9 Å². The van der Waals surface area contributed by atoms with E-state index in [0.717, 1.165) is 22.5 Å². The lowest BCUT2D eigenvalue weighted by Gasteiger charge is -2.09. The molecule has 0 bridgehead atoms. The summed E-state index contributed by atoms with van der Waals surface area (Å²) >= 11 is 3.28. The zero-order valence-corrected chi connectivity index (χ0v) is 11.9. The van der Waals surface area contributed by atoms with Crippen molar-refractivity contribution in [2.45, 2.75) is 20.8 Å². The first kappa shape index (κ1) is 12.8. The van der Waals surface area contributed by atoms with Gasteiger partial charge in [0, 0.05) is 0 Å². The van der Waals surface area contributed by atoms with Crippen LogP contribution in [0.1, 0.15) is 27.3 Å². The van der Waals surface area contributed by atoms with Crippen LogP contribution in [0, 0.1) is 20.8 Å². The monoisotopic (exact) mass is 308 g/mol. The Morgan fingerprint density at radius 2 is 2.00 bits per heavy atom. The Bertz CT molecular complexity index is 632. The number of hydrogen-bond donors (Lipinski definition) is 1. The fourth-order valence-electron chi connectivity index (χ4n) is 1.80. The van der Waals surface area contributed by atoms with E-state index in [4.69, 9.17) is 5.11 Å². The highest BCUT2D eigenvalue weighted by atomic mass is 79.9. The van der Waals surface area contributed by atoms with Gasteiger partial charge in [-0.25, -0.2) is 9.48 Å². The summed E-state index contributed by atoms with van der Waals surface area (Å²) in [5.74, 6) is -1.03. The Balaban J connectivity index is 2.68. The quantitative estimate of drug-likeness (QED) is 0.926. The largest absolute Gasteiger partial charge is 0.476 e. The van der Waals surface area contributed by atoms with Crippen LogP contribution < -0.4 is 0 Å². The summed E-state index contributed by atoms with van der Waals surface area (Å²) < 4.78 is 2.19. The molecule has 1 heterocycles. The Morgan fingerprint density at radius 3 is 2.56 bits per heavy atom. The maximum Gasteiger partial charge on any atom is 0.357 e. The minimum absolute atomic E-state index is 0.0356.